The Labute approximate surface area is 252 Å². The molecule has 38 heavy (non-hydrogen) atoms. The zero-order valence-corrected chi connectivity index (χ0v) is 27.1. The molecule has 0 saturated carbocycles. The Morgan fingerprint density at radius 3 is 1.37 bits per heavy atom. The molecule has 0 fully saturated rings. The van der Waals surface area contributed by atoms with Crippen molar-refractivity contribution in [2.45, 2.75) is 0 Å². The summed E-state index contributed by atoms with van der Waals surface area (Å²) in [5.74, 6) is 0. The molecule has 0 aliphatic heterocycles. The van der Waals surface area contributed by atoms with Gasteiger partial charge in [-0.05, 0) is 0 Å². The first-order valence-electron chi connectivity index (χ1n) is 12.1. The van der Waals surface area contributed by atoms with Gasteiger partial charge in [-0.15, -0.1) is 94.2 Å². The maximum atomic E-state index is 2.26. The van der Waals surface area contributed by atoms with Gasteiger partial charge in [0, 0.05) is 0 Å². The van der Waals surface area contributed by atoms with Crippen LogP contribution >= 0.6 is 24.8 Å². The molecule has 0 radical (unpaired) electrons. The molecule has 0 nitrogen and oxygen atoms in total. The van der Waals surface area contributed by atoms with E-state index in [2.05, 4.69) is 158 Å². The summed E-state index contributed by atoms with van der Waals surface area (Å²) in [5.41, 5.74) is -0.406. The Balaban J connectivity index is 0.000000157. The number of hydrogen-bond acceptors (Lipinski definition) is 0. The SMILES string of the molecule is Cl.Cl.[Hf+2]=[Si](c1ccccc1)c1ccccc1.c1ccc2[cH-]ccc2c1.c1ccc2c(c1)[cH-]c1ccccc12. The van der Waals surface area contributed by atoms with Crippen LogP contribution in [0.25, 0.3) is 32.3 Å². The van der Waals surface area contributed by atoms with Gasteiger partial charge in [-0.25, -0.2) is 0 Å². The third kappa shape index (κ3) is 7.42. The first kappa shape index (κ1) is 29.8. The van der Waals surface area contributed by atoms with E-state index in [1.807, 2.05) is 0 Å². The molecule has 0 aromatic heterocycles. The molecule has 7 aromatic carbocycles. The molecule has 7 rings (SSSR count). The molecule has 0 bridgehead atoms. The van der Waals surface area contributed by atoms with Crippen LogP contribution in [0.2, 0.25) is 0 Å². The standard InChI is InChI=1S/C13H9.C12H10Si.C9H7.2ClH.Hf/c1-3-7-12-10(5-1)9-11-6-2-4-8-13(11)12;1-3-7-11(8-4-1)13-12-9-5-2-6-10-12;1-2-5-9-7-3-6-8(9)4-1;;;/h1-9H;1-10H;1-7H;2*1H;/q-1;;-1;;;+2. The first-order chi connectivity index (χ1) is 17.8. The second-order valence-electron chi connectivity index (χ2n) is 8.58. The van der Waals surface area contributed by atoms with Crippen molar-refractivity contribution in [1.29, 1.82) is 0 Å². The molecule has 0 spiro atoms. The van der Waals surface area contributed by atoms with Crippen molar-refractivity contribution >= 4 is 73.0 Å². The first-order valence-corrected chi connectivity index (χ1v) is 19.0. The molecule has 7 aromatic rings. The van der Waals surface area contributed by atoms with E-state index in [4.69, 9.17) is 0 Å². The molecule has 0 amide bonds. The molecule has 0 saturated heterocycles. The fraction of sp³-hybridized carbons (Fsp3) is 0. The third-order valence-corrected chi connectivity index (χ3v) is 14.2. The van der Waals surface area contributed by atoms with Gasteiger partial charge >= 0.3 is 99.5 Å². The maximum absolute atomic E-state index is 2.26. The van der Waals surface area contributed by atoms with Gasteiger partial charge in [-0.1, -0.05) is 42.5 Å². The van der Waals surface area contributed by atoms with Gasteiger partial charge in [-0.2, -0.15) is 17.5 Å². The molecule has 0 atom stereocenters. The van der Waals surface area contributed by atoms with Gasteiger partial charge in [0.05, 0.1) is 0 Å². The van der Waals surface area contributed by atoms with Gasteiger partial charge in [0.1, 0.15) is 0 Å². The quantitative estimate of drug-likeness (QED) is 0.125. The summed E-state index contributed by atoms with van der Waals surface area (Å²) in [4.78, 5) is 0. The van der Waals surface area contributed by atoms with Gasteiger partial charge in [0.2, 0.25) is 0 Å². The summed E-state index contributed by atoms with van der Waals surface area (Å²) in [6.07, 6.45) is 0. The van der Waals surface area contributed by atoms with Crippen LogP contribution in [0.3, 0.4) is 0 Å². The summed E-state index contributed by atoms with van der Waals surface area (Å²) in [6, 6.07) is 55.7. The van der Waals surface area contributed by atoms with Crippen LogP contribution in [-0.2, 0) is 23.0 Å². The Hall–Kier alpha value is -2.75. The summed E-state index contributed by atoms with van der Waals surface area (Å²) >= 11 is 1.27. The van der Waals surface area contributed by atoms with E-state index in [1.54, 1.807) is 0 Å². The Kier molecular flexibility index (Phi) is 11.8. The average molecular weight is 714 g/mol. The normalized spacial score (nSPS) is 9.84. The zero-order valence-electron chi connectivity index (χ0n) is 20.8. The molecule has 0 aliphatic rings. The summed E-state index contributed by atoms with van der Waals surface area (Å²) in [6.45, 7) is 0. The van der Waals surface area contributed by atoms with Gasteiger partial charge < -0.3 is 0 Å². The van der Waals surface area contributed by atoms with Gasteiger partial charge in [0.25, 0.3) is 0 Å². The molecular weight excluding hydrogens is 686 g/mol. The smallest absolute Gasteiger partial charge is 0.0771 e. The van der Waals surface area contributed by atoms with Crippen molar-refractivity contribution in [1.82, 2.24) is 0 Å². The molecule has 186 valence electrons. The van der Waals surface area contributed by atoms with Crippen molar-refractivity contribution in [3.63, 3.8) is 0 Å². The molecular formula is C34H28Cl2HfSi. The van der Waals surface area contributed by atoms with Crippen molar-refractivity contribution < 1.29 is 23.0 Å². The predicted molar refractivity (Wildman–Crippen MR) is 169 cm³/mol. The molecule has 0 N–H and O–H groups in total. The molecule has 0 heterocycles. The average Bonchev–Trinajstić information content (AvgIpc) is 3.59. The summed E-state index contributed by atoms with van der Waals surface area (Å²) in [5, 5.41) is 11.1. The van der Waals surface area contributed by atoms with Crippen LogP contribution in [0.4, 0.5) is 0 Å². The minimum absolute atomic E-state index is 0. The van der Waals surface area contributed by atoms with Crippen molar-refractivity contribution in [2.24, 2.45) is 0 Å². The van der Waals surface area contributed by atoms with Crippen LogP contribution in [0.5, 0.6) is 0 Å². The van der Waals surface area contributed by atoms with E-state index in [0.29, 0.717) is 0 Å². The van der Waals surface area contributed by atoms with E-state index in [-0.39, 0.29) is 24.8 Å². The minimum atomic E-state index is -0.406. The van der Waals surface area contributed by atoms with E-state index < -0.39 is 5.49 Å². The minimum Gasteiger partial charge on any atom is -0.168 e. The third-order valence-electron chi connectivity index (χ3n) is 6.20. The predicted octanol–water partition coefficient (Wildman–Crippen LogP) is 8.45. The number of halogens is 2. The Morgan fingerprint density at radius 2 is 0.868 bits per heavy atom. The number of fused-ring (bicyclic) bond motifs is 4. The second kappa shape index (κ2) is 15.0. The van der Waals surface area contributed by atoms with Gasteiger partial charge in [0.15, 0.2) is 0 Å². The van der Waals surface area contributed by atoms with Crippen LogP contribution in [-0.4, -0.2) is 5.49 Å². The maximum Gasteiger partial charge on any atom is -0.0771 e. The molecule has 0 aliphatic carbocycles. The molecule has 0 unspecified atom stereocenters. The van der Waals surface area contributed by atoms with Crippen LogP contribution in [0.15, 0.2) is 158 Å². The largest absolute Gasteiger partial charge is 0.168 e. The summed E-state index contributed by atoms with van der Waals surface area (Å²) < 4.78 is 0. The number of rotatable bonds is 2. The zero-order chi connectivity index (χ0) is 24.6. The van der Waals surface area contributed by atoms with Crippen molar-refractivity contribution in [3.8, 4) is 0 Å². The number of benzene rings is 5. The molecule has 4 heteroatoms. The van der Waals surface area contributed by atoms with Crippen LogP contribution in [0.1, 0.15) is 0 Å². The monoisotopic (exact) mass is 714 g/mol. The van der Waals surface area contributed by atoms with Crippen molar-refractivity contribution in [2.75, 3.05) is 0 Å². The Bertz CT molecular complexity index is 1580. The van der Waals surface area contributed by atoms with E-state index in [9.17, 15) is 0 Å². The van der Waals surface area contributed by atoms with Gasteiger partial charge in [-0.3, -0.25) is 0 Å². The second-order valence-corrected chi connectivity index (χ2v) is 15.9. The van der Waals surface area contributed by atoms with E-state index in [1.165, 1.54) is 65.7 Å². The number of hydrogen-bond donors (Lipinski definition) is 0. The topological polar surface area (TPSA) is 0 Å². The fourth-order valence-electron chi connectivity index (χ4n) is 4.35. The fourth-order valence-corrected chi connectivity index (χ4v) is 9.33. The Morgan fingerprint density at radius 1 is 0.447 bits per heavy atom. The van der Waals surface area contributed by atoms with Crippen LogP contribution < -0.4 is 10.4 Å². The summed E-state index contributed by atoms with van der Waals surface area (Å²) in [7, 11) is 0. The van der Waals surface area contributed by atoms with Crippen molar-refractivity contribution in [3.05, 3.63) is 158 Å². The van der Waals surface area contributed by atoms with E-state index >= 15 is 0 Å². The van der Waals surface area contributed by atoms with Crippen LogP contribution in [0, 0.1) is 0 Å². The van der Waals surface area contributed by atoms with E-state index in [0.717, 1.165) is 0 Å².